The predicted molar refractivity (Wildman–Crippen MR) is 83.7 cm³/mol. The molecular formula is C16H17FN4O2. The van der Waals surface area contributed by atoms with Crippen LogP contribution in [0.4, 0.5) is 10.1 Å². The molecule has 2 aromatic rings. The van der Waals surface area contributed by atoms with E-state index in [4.69, 9.17) is 4.84 Å². The fraction of sp³-hybridized carbons (Fsp3) is 0.312. The van der Waals surface area contributed by atoms with E-state index in [9.17, 15) is 9.18 Å². The highest BCUT2D eigenvalue weighted by atomic mass is 19.1. The van der Waals surface area contributed by atoms with Gasteiger partial charge in [0.25, 0.3) is 5.91 Å². The van der Waals surface area contributed by atoms with Crippen molar-refractivity contribution in [1.29, 1.82) is 0 Å². The van der Waals surface area contributed by atoms with Crippen LogP contribution in [0.5, 0.6) is 0 Å². The molecule has 0 saturated carbocycles. The highest BCUT2D eigenvalue weighted by Gasteiger charge is 2.29. The maximum absolute atomic E-state index is 12.9. The zero-order valence-electron chi connectivity index (χ0n) is 12.9. The fourth-order valence-corrected chi connectivity index (χ4v) is 2.35. The van der Waals surface area contributed by atoms with Gasteiger partial charge < -0.3 is 10.2 Å². The summed E-state index contributed by atoms with van der Waals surface area (Å²) in [5.74, 6) is -0.587. The molecule has 2 heterocycles. The predicted octanol–water partition coefficient (Wildman–Crippen LogP) is 2.48. The summed E-state index contributed by atoms with van der Waals surface area (Å²) in [7, 11) is 0. The Hall–Kier alpha value is -2.70. The van der Waals surface area contributed by atoms with Gasteiger partial charge in [0.1, 0.15) is 5.82 Å². The van der Waals surface area contributed by atoms with E-state index in [1.165, 1.54) is 12.1 Å². The average molecular weight is 316 g/mol. The number of aryl methyl sites for hydroxylation is 2. The van der Waals surface area contributed by atoms with Crippen molar-refractivity contribution in [3.8, 4) is 0 Å². The summed E-state index contributed by atoms with van der Waals surface area (Å²) < 4.78 is 14.7. The minimum Gasteiger partial charge on any atom is -0.382 e. The molecule has 6 nitrogen and oxygen atoms in total. The van der Waals surface area contributed by atoms with E-state index in [0.717, 1.165) is 17.8 Å². The van der Waals surface area contributed by atoms with Crippen molar-refractivity contribution in [2.45, 2.75) is 32.9 Å². The first-order valence-corrected chi connectivity index (χ1v) is 7.40. The van der Waals surface area contributed by atoms with E-state index in [2.05, 4.69) is 15.6 Å². The largest absolute Gasteiger partial charge is 0.382 e. The summed E-state index contributed by atoms with van der Waals surface area (Å²) >= 11 is 0. The maximum atomic E-state index is 12.9. The fourth-order valence-electron chi connectivity index (χ4n) is 2.35. The van der Waals surface area contributed by atoms with Crippen LogP contribution in [0.2, 0.25) is 0 Å². The molecule has 1 amide bonds. The number of carbonyl (C=O) groups excluding carboxylic acids is 1. The zero-order valence-corrected chi connectivity index (χ0v) is 12.9. The number of carbonyl (C=O) groups is 1. The van der Waals surface area contributed by atoms with E-state index in [1.54, 1.807) is 23.0 Å². The molecule has 0 fully saturated rings. The van der Waals surface area contributed by atoms with Crippen molar-refractivity contribution in [3.05, 3.63) is 47.5 Å². The molecule has 1 atom stereocenters. The molecular weight excluding hydrogens is 299 g/mol. The molecule has 0 saturated heterocycles. The van der Waals surface area contributed by atoms with Gasteiger partial charge in [-0.3, -0.25) is 9.48 Å². The van der Waals surface area contributed by atoms with Gasteiger partial charge in [0.05, 0.1) is 17.1 Å². The van der Waals surface area contributed by atoms with Crippen LogP contribution in [0.25, 0.3) is 0 Å². The Morgan fingerprint density at radius 2 is 2.17 bits per heavy atom. The van der Waals surface area contributed by atoms with Crippen LogP contribution in [0.15, 0.2) is 35.6 Å². The van der Waals surface area contributed by atoms with Gasteiger partial charge >= 0.3 is 0 Å². The second-order valence-corrected chi connectivity index (χ2v) is 5.32. The summed E-state index contributed by atoms with van der Waals surface area (Å²) in [6.07, 6.45) is 1.43. The maximum Gasteiger partial charge on any atom is 0.268 e. The van der Waals surface area contributed by atoms with Crippen molar-refractivity contribution in [2.24, 2.45) is 5.16 Å². The number of halogens is 1. The standard InChI is InChI=1S/C16H17FN4O2/c1-3-21-9-14(10(2)19-21)18-16(22)15-8-13(20-23-15)11-4-6-12(17)7-5-11/h4-7,9,15H,3,8H2,1-2H3,(H,18,22). The first-order valence-electron chi connectivity index (χ1n) is 7.40. The van der Waals surface area contributed by atoms with E-state index >= 15 is 0 Å². The molecule has 1 aliphatic heterocycles. The number of hydrogen-bond donors (Lipinski definition) is 1. The van der Waals surface area contributed by atoms with Gasteiger partial charge in [-0.25, -0.2) is 4.39 Å². The molecule has 1 aromatic carbocycles. The number of nitrogens with zero attached hydrogens (tertiary/aromatic N) is 3. The molecule has 0 aliphatic carbocycles. The molecule has 120 valence electrons. The average Bonchev–Trinajstić information content (AvgIpc) is 3.16. The van der Waals surface area contributed by atoms with Crippen molar-refractivity contribution < 1.29 is 14.0 Å². The van der Waals surface area contributed by atoms with Gasteiger partial charge in [-0.05, 0) is 31.5 Å². The van der Waals surface area contributed by atoms with Gasteiger partial charge in [-0.15, -0.1) is 0 Å². The van der Waals surface area contributed by atoms with E-state index in [0.29, 0.717) is 17.8 Å². The second-order valence-electron chi connectivity index (χ2n) is 5.32. The summed E-state index contributed by atoms with van der Waals surface area (Å²) in [6, 6.07) is 5.95. The Labute approximate surface area is 132 Å². The van der Waals surface area contributed by atoms with E-state index in [1.807, 2.05) is 13.8 Å². The molecule has 3 rings (SSSR count). The zero-order chi connectivity index (χ0) is 16.4. The minimum absolute atomic E-state index is 0.274. The van der Waals surface area contributed by atoms with Gasteiger partial charge in [0.2, 0.25) is 6.10 Å². The number of nitrogens with one attached hydrogen (secondary N) is 1. The molecule has 0 radical (unpaired) electrons. The number of anilines is 1. The molecule has 1 N–H and O–H groups in total. The Bertz CT molecular complexity index is 752. The summed E-state index contributed by atoms with van der Waals surface area (Å²) in [4.78, 5) is 17.5. The number of oxime groups is 1. The Morgan fingerprint density at radius 3 is 2.83 bits per heavy atom. The van der Waals surface area contributed by atoms with Gasteiger partial charge in [-0.1, -0.05) is 17.3 Å². The van der Waals surface area contributed by atoms with Crippen LogP contribution >= 0.6 is 0 Å². The lowest BCUT2D eigenvalue weighted by Gasteiger charge is -2.08. The lowest BCUT2D eigenvalue weighted by molar-refractivity contribution is -0.125. The van der Waals surface area contributed by atoms with Gasteiger partial charge in [0, 0.05) is 19.2 Å². The van der Waals surface area contributed by atoms with Crippen molar-refractivity contribution in [3.63, 3.8) is 0 Å². The summed E-state index contributed by atoms with van der Waals surface area (Å²) in [5, 5.41) is 11.0. The molecule has 0 spiro atoms. The van der Waals surface area contributed by atoms with Gasteiger partial charge in [0.15, 0.2) is 0 Å². The number of rotatable bonds is 4. The van der Waals surface area contributed by atoms with Crippen LogP contribution in [0.1, 0.15) is 24.6 Å². The van der Waals surface area contributed by atoms with Crippen molar-refractivity contribution in [2.75, 3.05) is 5.32 Å². The minimum atomic E-state index is -0.695. The molecule has 1 aliphatic rings. The monoisotopic (exact) mass is 316 g/mol. The normalized spacial score (nSPS) is 16.8. The van der Waals surface area contributed by atoms with Crippen LogP contribution in [-0.4, -0.2) is 27.5 Å². The second kappa shape index (κ2) is 6.20. The number of benzene rings is 1. The topological polar surface area (TPSA) is 68.5 Å². The SMILES string of the molecule is CCn1cc(NC(=O)C2CC(c3ccc(F)cc3)=NO2)c(C)n1. The molecule has 7 heteroatoms. The lowest BCUT2D eigenvalue weighted by atomic mass is 10.0. The highest BCUT2D eigenvalue weighted by molar-refractivity contribution is 6.06. The number of aromatic nitrogens is 2. The Balaban J connectivity index is 1.64. The highest BCUT2D eigenvalue weighted by Crippen LogP contribution is 2.20. The van der Waals surface area contributed by atoms with Crippen LogP contribution < -0.4 is 5.32 Å². The first kappa shape index (κ1) is 15.2. The smallest absolute Gasteiger partial charge is 0.268 e. The van der Waals surface area contributed by atoms with E-state index in [-0.39, 0.29) is 11.7 Å². The molecule has 23 heavy (non-hydrogen) atoms. The number of hydrogen-bond acceptors (Lipinski definition) is 4. The van der Waals surface area contributed by atoms with Crippen molar-refractivity contribution in [1.82, 2.24) is 9.78 Å². The molecule has 0 bridgehead atoms. The van der Waals surface area contributed by atoms with Crippen LogP contribution in [0, 0.1) is 12.7 Å². The lowest BCUT2D eigenvalue weighted by Crippen LogP contribution is -2.28. The Kier molecular flexibility index (Phi) is 4.10. The first-order chi connectivity index (χ1) is 11.1. The van der Waals surface area contributed by atoms with Gasteiger partial charge in [-0.2, -0.15) is 5.10 Å². The quantitative estimate of drug-likeness (QED) is 0.942. The van der Waals surface area contributed by atoms with Crippen LogP contribution in [0.3, 0.4) is 0 Å². The third-order valence-electron chi connectivity index (χ3n) is 3.67. The third-order valence-corrected chi connectivity index (χ3v) is 3.67. The van der Waals surface area contributed by atoms with Crippen LogP contribution in [-0.2, 0) is 16.2 Å². The third kappa shape index (κ3) is 3.23. The summed E-state index contributed by atoms with van der Waals surface area (Å²) in [6.45, 7) is 4.53. The van der Waals surface area contributed by atoms with E-state index < -0.39 is 6.10 Å². The Morgan fingerprint density at radius 1 is 1.43 bits per heavy atom. The summed E-state index contributed by atoms with van der Waals surface area (Å²) in [5.41, 5.74) is 2.79. The molecule has 1 aromatic heterocycles. The van der Waals surface area contributed by atoms with Crippen molar-refractivity contribution >= 4 is 17.3 Å². The number of amides is 1. The molecule has 1 unspecified atom stereocenters.